The molecule has 8 aromatic rings. The van der Waals surface area contributed by atoms with Gasteiger partial charge in [0.05, 0.1) is 45.3 Å². The molecular formula is C47H46F2N10O6. The van der Waals surface area contributed by atoms with Crippen LogP contribution in [0.4, 0.5) is 8.78 Å². The molecule has 2 fully saturated rings. The monoisotopic (exact) mass is 884 g/mol. The van der Waals surface area contributed by atoms with Gasteiger partial charge in [0.1, 0.15) is 17.1 Å². The number of carbonyl (C=O) groups is 1. The first-order chi connectivity index (χ1) is 31.1. The lowest BCUT2D eigenvalue weighted by Crippen LogP contribution is -2.42. The molecule has 4 atom stereocenters. The van der Waals surface area contributed by atoms with Crippen LogP contribution in [0.3, 0.4) is 0 Å². The smallest absolute Gasteiger partial charge is 0.376 e. The summed E-state index contributed by atoms with van der Waals surface area (Å²) in [5.41, 5.74) is 2.38. The lowest BCUT2D eigenvalue weighted by Gasteiger charge is -2.35. The standard InChI is InChI=1S/C47H46F2N10O6/c1-24-17-30(18-25(2)38(24)48)59-40(56-15-14-55(45(56)63)35-10-9-34-31(39(35)49)23-50-54(34)6)37-32(52-59)11-13-57(42(37)61)41(60)36-20-29-19-27(28-12-16-64-46(4,5)22-28)7-8-33(29)58(36)47(21-26(47)3)43-51-44(62)65-53-43/h7-10,14-15,17-20,23,26,28,42,61H,11-13,16,21-22H2,1-6H3,(H,51,53,62)/t26-,28-,42-,47-/m0/s1. The maximum absolute atomic E-state index is 16.1. The Balaban J connectivity index is 1.06. The average molecular weight is 885 g/mol. The molecule has 0 unspecified atom stereocenters. The number of aromatic nitrogens is 9. The van der Waals surface area contributed by atoms with Gasteiger partial charge in [-0.25, -0.2) is 23.1 Å². The highest BCUT2D eigenvalue weighted by Crippen LogP contribution is 2.56. The number of nitrogens with zero attached hydrogens (tertiary/aromatic N) is 9. The van der Waals surface area contributed by atoms with Gasteiger partial charge in [0.25, 0.3) is 5.91 Å². The molecule has 2 aliphatic heterocycles. The molecular weight excluding hydrogens is 839 g/mol. The van der Waals surface area contributed by atoms with E-state index in [0.29, 0.717) is 41.1 Å². The zero-order valence-electron chi connectivity index (χ0n) is 36.6. The van der Waals surface area contributed by atoms with Crippen LogP contribution in [0.15, 0.2) is 81.2 Å². The number of benzene rings is 3. The first-order valence-electron chi connectivity index (χ1n) is 21.7. The second kappa shape index (κ2) is 14.3. The summed E-state index contributed by atoms with van der Waals surface area (Å²) in [6.07, 6.45) is 5.02. The first kappa shape index (κ1) is 40.8. The van der Waals surface area contributed by atoms with Gasteiger partial charge in [-0.15, -0.1) is 0 Å². The predicted molar refractivity (Wildman–Crippen MR) is 234 cm³/mol. The van der Waals surface area contributed by atoms with Gasteiger partial charge in [-0.1, -0.05) is 18.1 Å². The molecule has 16 nitrogen and oxygen atoms in total. The number of fused-ring (bicyclic) bond motifs is 3. The van der Waals surface area contributed by atoms with Gasteiger partial charge in [-0.05, 0) is 118 Å². The van der Waals surface area contributed by atoms with Crippen LogP contribution < -0.4 is 11.4 Å². The van der Waals surface area contributed by atoms with Crippen molar-refractivity contribution in [3.63, 3.8) is 0 Å². The average Bonchev–Trinajstić information content (AvgIpc) is 3.90. The van der Waals surface area contributed by atoms with Crippen molar-refractivity contribution in [2.45, 2.75) is 83.6 Å². The summed E-state index contributed by atoms with van der Waals surface area (Å²) in [5.74, 6) is -1.73. The largest absolute Gasteiger partial charge is 0.438 e. The second-order valence-corrected chi connectivity index (χ2v) is 18.5. The van der Waals surface area contributed by atoms with E-state index in [1.165, 1.54) is 43.5 Å². The molecule has 3 aliphatic rings. The molecule has 0 spiro atoms. The molecule has 0 bridgehead atoms. The number of hydrogen-bond donors (Lipinski definition) is 2. The van der Waals surface area contributed by atoms with E-state index < -0.39 is 40.8 Å². The molecule has 0 radical (unpaired) electrons. The van der Waals surface area contributed by atoms with Crippen molar-refractivity contribution in [2.75, 3.05) is 13.2 Å². The van der Waals surface area contributed by atoms with Gasteiger partial charge in [0.15, 0.2) is 23.7 Å². The molecule has 1 aliphatic carbocycles. The van der Waals surface area contributed by atoms with E-state index in [1.54, 1.807) is 39.1 Å². The van der Waals surface area contributed by atoms with Crippen LogP contribution in [0, 0.1) is 31.4 Å². The molecule has 2 N–H and O–H groups in total. The number of aliphatic hydroxyl groups excluding tert-OH is 1. The lowest BCUT2D eigenvalue weighted by atomic mass is 9.83. The highest BCUT2D eigenvalue weighted by Gasteiger charge is 2.59. The molecule has 11 rings (SSSR count). The van der Waals surface area contributed by atoms with Crippen molar-refractivity contribution < 1.29 is 27.9 Å². The first-order valence-corrected chi connectivity index (χ1v) is 21.7. The molecule has 7 heterocycles. The number of nitrogens with one attached hydrogen (secondary N) is 1. The van der Waals surface area contributed by atoms with E-state index in [2.05, 4.69) is 41.2 Å². The third-order valence-corrected chi connectivity index (χ3v) is 13.9. The van der Waals surface area contributed by atoms with Gasteiger partial charge >= 0.3 is 11.4 Å². The SMILES string of the molecule is Cc1cc(-n2nc3c(c2-n2ccn(-c4ccc5c(cnn5C)c4F)c2=O)[C@H](O)N(C(=O)c2cc4cc([C@H]5CCOC(C)(C)C5)ccc4n2[C@@]2(c4noc(=O)[nH]4)C[C@@H]2C)CC3)cc(C)c1F. The summed E-state index contributed by atoms with van der Waals surface area (Å²) in [6.45, 7) is 10.1. The summed E-state index contributed by atoms with van der Waals surface area (Å²) in [4.78, 5) is 46.5. The van der Waals surface area contributed by atoms with Gasteiger partial charge in [-0.2, -0.15) is 10.2 Å². The Morgan fingerprint density at radius 1 is 0.969 bits per heavy atom. The minimum Gasteiger partial charge on any atom is -0.376 e. The lowest BCUT2D eigenvalue weighted by molar-refractivity contribution is -0.0592. The van der Waals surface area contributed by atoms with Crippen LogP contribution in [-0.4, -0.2) is 78.1 Å². The normalized spacial score (nSPS) is 21.7. The third kappa shape index (κ3) is 6.13. The fourth-order valence-electron chi connectivity index (χ4n) is 10.5. The molecule has 18 heteroatoms. The van der Waals surface area contributed by atoms with Crippen LogP contribution in [0.2, 0.25) is 0 Å². The fraction of sp³-hybridized carbons (Fsp3) is 0.362. The van der Waals surface area contributed by atoms with Crippen molar-refractivity contribution in [1.82, 2.24) is 48.3 Å². The number of hydrogen-bond acceptors (Lipinski definition) is 9. The van der Waals surface area contributed by atoms with E-state index >= 15 is 13.6 Å². The summed E-state index contributed by atoms with van der Waals surface area (Å²) < 4.78 is 49.5. The number of aliphatic hydroxyl groups is 1. The topological polar surface area (TPSA) is 176 Å². The van der Waals surface area contributed by atoms with Crippen LogP contribution >= 0.6 is 0 Å². The van der Waals surface area contributed by atoms with Gasteiger partial charge in [-0.3, -0.25) is 28.1 Å². The maximum Gasteiger partial charge on any atom is 0.438 e. The highest BCUT2D eigenvalue weighted by molar-refractivity contribution is 6.00. The van der Waals surface area contributed by atoms with E-state index in [9.17, 15) is 14.7 Å². The number of aromatic amines is 1. The van der Waals surface area contributed by atoms with Crippen molar-refractivity contribution in [3.05, 3.63) is 139 Å². The fourth-order valence-corrected chi connectivity index (χ4v) is 10.5. The summed E-state index contributed by atoms with van der Waals surface area (Å²) in [5, 5.41) is 26.8. The number of aryl methyl sites for hydroxylation is 3. The number of halogens is 2. The Labute approximate surface area is 369 Å². The predicted octanol–water partition coefficient (Wildman–Crippen LogP) is 6.37. The Bertz CT molecular complexity index is 3380. The van der Waals surface area contributed by atoms with E-state index in [-0.39, 0.29) is 64.4 Å². The highest BCUT2D eigenvalue weighted by atomic mass is 19.1. The number of amides is 1. The minimum atomic E-state index is -1.64. The van der Waals surface area contributed by atoms with Crippen LogP contribution in [-0.2, 0) is 23.7 Å². The molecule has 1 amide bonds. The van der Waals surface area contributed by atoms with Crippen LogP contribution in [0.5, 0.6) is 0 Å². The second-order valence-electron chi connectivity index (χ2n) is 18.5. The summed E-state index contributed by atoms with van der Waals surface area (Å²) >= 11 is 0. The zero-order chi connectivity index (χ0) is 45.4. The Hall–Kier alpha value is -6.92. The van der Waals surface area contributed by atoms with E-state index in [4.69, 9.17) is 14.4 Å². The number of ether oxygens (including phenoxy) is 1. The van der Waals surface area contributed by atoms with Crippen LogP contribution in [0.1, 0.15) is 96.4 Å². The third-order valence-electron chi connectivity index (χ3n) is 13.9. The molecule has 5 aromatic heterocycles. The van der Waals surface area contributed by atoms with E-state index in [1.807, 2.05) is 23.6 Å². The van der Waals surface area contributed by atoms with Gasteiger partial charge in [0, 0.05) is 49.9 Å². The molecule has 1 saturated carbocycles. The summed E-state index contributed by atoms with van der Waals surface area (Å²) in [6, 6.07) is 14.4. The van der Waals surface area contributed by atoms with Gasteiger partial charge < -0.3 is 19.3 Å². The van der Waals surface area contributed by atoms with E-state index in [0.717, 1.165) is 33.9 Å². The minimum absolute atomic E-state index is 0.0202. The number of carbonyl (C=O) groups excluding carboxylic acids is 1. The number of rotatable bonds is 7. The summed E-state index contributed by atoms with van der Waals surface area (Å²) in [7, 11) is 1.69. The molecule has 1 saturated heterocycles. The Kier molecular flexibility index (Phi) is 8.98. The molecule has 3 aromatic carbocycles. The number of imidazole rings is 1. The maximum atomic E-state index is 16.1. The number of H-pyrrole nitrogens is 1. The quantitative estimate of drug-likeness (QED) is 0.184. The van der Waals surface area contributed by atoms with Crippen molar-refractivity contribution >= 4 is 27.7 Å². The Morgan fingerprint density at radius 3 is 2.42 bits per heavy atom. The molecule has 334 valence electrons. The van der Waals surface area contributed by atoms with Gasteiger partial charge in [0.2, 0.25) is 0 Å². The zero-order valence-corrected chi connectivity index (χ0v) is 36.6. The van der Waals surface area contributed by atoms with Crippen molar-refractivity contribution in [2.24, 2.45) is 13.0 Å². The van der Waals surface area contributed by atoms with Crippen LogP contribution in [0.25, 0.3) is 39.0 Å². The molecule has 65 heavy (non-hydrogen) atoms. The van der Waals surface area contributed by atoms with Crippen molar-refractivity contribution in [1.29, 1.82) is 0 Å². The Morgan fingerprint density at radius 2 is 1.71 bits per heavy atom. The van der Waals surface area contributed by atoms with Crippen molar-refractivity contribution in [3.8, 4) is 17.2 Å².